The molecule has 1 aromatic carbocycles. The molecule has 0 saturated heterocycles. The van der Waals surface area contributed by atoms with Gasteiger partial charge in [-0.15, -0.1) is 0 Å². The molecule has 1 fully saturated rings. The Balaban J connectivity index is 2.17. The number of benzene rings is 1. The van der Waals surface area contributed by atoms with Crippen molar-refractivity contribution in [3.8, 4) is 5.75 Å². The van der Waals surface area contributed by atoms with Gasteiger partial charge in [0.1, 0.15) is 11.4 Å². The first-order valence-corrected chi connectivity index (χ1v) is 7.37. The van der Waals surface area contributed by atoms with Crippen molar-refractivity contribution in [3.05, 3.63) is 29.3 Å². The van der Waals surface area contributed by atoms with E-state index in [1.54, 1.807) is 0 Å². The van der Waals surface area contributed by atoms with E-state index in [1.807, 2.05) is 0 Å². The molecular formula is C17H27NO. The van der Waals surface area contributed by atoms with Crippen LogP contribution < -0.4 is 10.5 Å². The molecule has 19 heavy (non-hydrogen) atoms. The van der Waals surface area contributed by atoms with Gasteiger partial charge >= 0.3 is 0 Å². The Morgan fingerprint density at radius 2 is 1.95 bits per heavy atom. The Kier molecular flexibility index (Phi) is 3.91. The maximum atomic E-state index is 6.30. The Morgan fingerprint density at radius 1 is 1.26 bits per heavy atom. The first kappa shape index (κ1) is 14.4. The lowest BCUT2D eigenvalue weighted by Crippen LogP contribution is -2.44. The van der Waals surface area contributed by atoms with Crippen LogP contribution in [0.15, 0.2) is 18.2 Å². The highest BCUT2D eigenvalue weighted by molar-refractivity contribution is 5.39. The molecule has 1 aromatic rings. The van der Waals surface area contributed by atoms with Crippen molar-refractivity contribution >= 4 is 0 Å². The van der Waals surface area contributed by atoms with Crippen LogP contribution in [0, 0.1) is 6.92 Å². The van der Waals surface area contributed by atoms with Crippen LogP contribution >= 0.6 is 0 Å². The molecule has 106 valence electrons. The second-order valence-corrected chi connectivity index (χ2v) is 6.91. The quantitative estimate of drug-likeness (QED) is 0.891. The maximum Gasteiger partial charge on any atom is 0.123 e. The molecule has 0 amide bonds. The Labute approximate surface area is 117 Å². The van der Waals surface area contributed by atoms with Crippen molar-refractivity contribution in [1.29, 1.82) is 0 Å². The summed E-state index contributed by atoms with van der Waals surface area (Å²) < 4.78 is 6.30. The predicted octanol–water partition coefficient (Wildman–Crippen LogP) is 3.94. The number of hydrogen-bond donors (Lipinski definition) is 1. The molecule has 2 nitrogen and oxygen atoms in total. The van der Waals surface area contributed by atoms with E-state index in [0.29, 0.717) is 6.54 Å². The summed E-state index contributed by atoms with van der Waals surface area (Å²) in [5, 5.41) is 0. The van der Waals surface area contributed by atoms with Gasteiger partial charge in [-0.1, -0.05) is 32.9 Å². The lowest BCUT2D eigenvalue weighted by atomic mass is 9.77. The normalized spacial score (nSPS) is 17.9. The van der Waals surface area contributed by atoms with Crippen LogP contribution in [-0.2, 0) is 5.41 Å². The minimum Gasteiger partial charge on any atom is -0.487 e. The highest BCUT2D eigenvalue weighted by Gasteiger charge is 2.38. The standard InChI is InChI=1S/C17H27NO/c1-13-12-14(16(2,3)4)6-7-15(13)19-17(10-11-18)8-5-9-17/h6-7,12H,5,8-11,18H2,1-4H3. The second kappa shape index (κ2) is 5.16. The predicted molar refractivity (Wildman–Crippen MR) is 80.8 cm³/mol. The summed E-state index contributed by atoms with van der Waals surface area (Å²) in [6, 6.07) is 6.58. The lowest BCUT2D eigenvalue weighted by Gasteiger charge is -2.42. The van der Waals surface area contributed by atoms with E-state index >= 15 is 0 Å². The lowest BCUT2D eigenvalue weighted by molar-refractivity contribution is -0.0130. The van der Waals surface area contributed by atoms with Gasteiger partial charge in [-0.3, -0.25) is 0 Å². The second-order valence-electron chi connectivity index (χ2n) is 6.91. The number of ether oxygens (including phenoxy) is 1. The van der Waals surface area contributed by atoms with Crippen LogP contribution in [-0.4, -0.2) is 12.1 Å². The molecule has 0 aliphatic heterocycles. The van der Waals surface area contributed by atoms with Crippen molar-refractivity contribution in [2.75, 3.05) is 6.54 Å². The fourth-order valence-electron chi connectivity index (χ4n) is 2.70. The van der Waals surface area contributed by atoms with E-state index in [2.05, 4.69) is 45.9 Å². The van der Waals surface area contributed by atoms with Crippen molar-refractivity contribution in [2.24, 2.45) is 5.73 Å². The molecule has 2 heteroatoms. The van der Waals surface area contributed by atoms with Crippen LogP contribution in [0.4, 0.5) is 0 Å². The van der Waals surface area contributed by atoms with E-state index in [0.717, 1.165) is 25.0 Å². The maximum absolute atomic E-state index is 6.30. The number of hydrogen-bond acceptors (Lipinski definition) is 2. The van der Waals surface area contributed by atoms with Gasteiger partial charge in [0.2, 0.25) is 0 Å². The smallest absolute Gasteiger partial charge is 0.123 e. The molecule has 1 aliphatic carbocycles. The van der Waals surface area contributed by atoms with Crippen molar-refractivity contribution in [2.45, 2.75) is 64.4 Å². The van der Waals surface area contributed by atoms with Crippen molar-refractivity contribution in [3.63, 3.8) is 0 Å². The molecule has 0 bridgehead atoms. The van der Waals surface area contributed by atoms with Crippen molar-refractivity contribution in [1.82, 2.24) is 0 Å². The molecule has 0 spiro atoms. The average Bonchev–Trinajstić information content (AvgIpc) is 2.27. The highest BCUT2D eigenvalue weighted by atomic mass is 16.5. The third-order valence-electron chi connectivity index (χ3n) is 4.23. The van der Waals surface area contributed by atoms with Gasteiger partial charge in [0, 0.05) is 0 Å². The van der Waals surface area contributed by atoms with Crippen LogP contribution in [0.2, 0.25) is 0 Å². The van der Waals surface area contributed by atoms with E-state index in [-0.39, 0.29) is 11.0 Å². The summed E-state index contributed by atoms with van der Waals surface area (Å²) in [4.78, 5) is 0. The van der Waals surface area contributed by atoms with E-state index < -0.39 is 0 Å². The summed E-state index contributed by atoms with van der Waals surface area (Å²) in [5.41, 5.74) is 8.51. The zero-order valence-corrected chi connectivity index (χ0v) is 12.8. The SMILES string of the molecule is Cc1cc(C(C)(C)C)ccc1OC1(CCN)CCC1. The molecule has 1 aliphatic rings. The molecule has 0 radical (unpaired) electrons. The van der Waals surface area contributed by atoms with Gasteiger partial charge in [-0.05, 0) is 61.8 Å². The van der Waals surface area contributed by atoms with Gasteiger partial charge in [-0.2, -0.15) is 0 Å². The molecule has 0 unspecified atom stereocenters. The van der Waals surface area contributed by atoms with E-state index in [4.69, 9.17) is 10.5 Å². The Hall–Kier alpha value is -1.02. The molecular weight excluding hydrogens is 234 g/mol. The summed E-state index contributed by atoms with van der Waals surface area (Å²) in [6.45, 7) is 9.57. The van der Waals surface area contributed by atoms with Crippen molar-refractivity contribution < 1.29 is 4.74 Å². The summed E-state index contributed by atoms with van der Waals surface area (Å²) >= 11 is 0. The fraction of sp³-hybridized carbons (Fsp3) is 0.647. The van der Waals surface area contributed by atoms with Gasteiger partial charge in [0.15, 0.2) is 0 Å². The zero-order valence-electron chi connectivity index (χ0n) is 12.8. The Morgan fingerprint density at radius 3 is 2.37 bits per heavy atom. The summed E-state index contributed by atoms with van der Waals surface area (Å²) in [7, 11) is 0. The molecule has 2 rings (SSSR count). The largest absolute Gasteiger partial charge is 0.487 e. The van der Waals surface area contributed by atoms with Gasteiger partial charge < -0.3 is 10.5 Å². The monoisotopic (exact) mass is 261 g/mol. The van der Waals surface area contributed by atoms with E-state index in [1.165, 1.54) is 17.5 Å². The number of rotatable bonds is 4. The summed E-state index contributed by atoms with van der Waals surface area (Å²) in [5.74, 6) is 1.03. The van der Waals surface area contributed by atoms with Crippen LogP contribution in [0.25, 0.3) is 0 Å². The number of aryl methyl sites for hydroxylation is 1. The van der Waals surface area contributed by atoms with Gasteiger partial charge in [0.25, 0.3) is 0 Å². The third kappa shape index (κ3) is 3.11. The third-order valence-corrected chi connectivity index (χ3v) is 4.23. The van der Waals surface area contributed by atoms with Crippen LogP contribution in [0.3, 0.4) is 0 Å². The van der Waals surface area contributed by atoms with Gasteiger partial charge in [-0.25, -0.2) is 0 Å². The molecule has 0 heterocycles. The minimum absolute atomic E-state index is 0.0166. The molecule has 1 saturated carbocycles. The minimum atomic E-state index is 0.0166. The average molecular weight is 261 g/mol. The van der Waals surface area contributed by atoms with Crippen LogP contribution in [0.1, 0.15) is 57.6 Å². The first-order chi connectivity index (χ1) is 8.86. The summed E-state index contributed by atoms with van der Waals surface area (Å²) in [6.07, 6.45) is 4.52. The highest BCUT2D eigenvalue weighted by Crippen LogP contribution is 2.40. The molecule has 0 atom stereocenters. The topological polar surface area (TPSA) is 35.2 Å². The number of nitrogens with two attached hydrogens (primary N) is 1. The molecule has 2 N–H and O–H groups in total. The van der Waals surface area contributed by atoms with Gasteiger partial charge in [0.05, 0.1) is 0 Å². The fourth-order valence-corrected chi connectivity index (χ4v) is 2.70. The zero-order chi connectivity index (χ0) is 14.1. The van der Waals surface area contributed by atoms with E-state index in [9.17, 15) is 0 Å². The first-order valence-electron chi connectivity index (χ1n) is 7.37. The molecule has 0 aromatic heterocycles. The van der Waals surface area contributed by atoms with Crippen LogP contribution in [0.5, 0.6) is 5.75 Å². The Bertz CT molecular complexity index is 441.